The Kier molecular flexibility index (Phi) is 4.71. The fourth-order valence-corrected chi connectivity index (χ4v) is 1.88. The number of pyridine rings is 1. The number of rotatable bonds is 5. The Labute approximate surface area is 119 Å². The third kappa shape index (κ3) is 3.35. The van der Waals surface area contributed by atoms with E-state index in [0.29, 0.717) is 11.4 Å². The number of benzene rings is 1. The second-order valence-electron chi connectivity index (χ2n) is 4.60. The van der Waals surface area contributed by atoms with Gasteiger partial charge in [0.1, 0.15) is 5.82 Å². The lowest BCUT2D eigenvalue weighted by Crippen LogP contribution is -2.16. The number of amides is 1. The van der Waals surface area contributed by atoms with Crippen molar-refractivity contribution in [3.63, 3.8) is 0 Å². The van der Waals surface area contributed by atoms with Crippen LogP contribution >= 0.6 is 0 Å². The summed E-state index contributed by atoms with van der Waals surface area (Å²) in [6.07, 6.45) is 2.66. The van der Waals surface area contributed by atoms with E-state index in [2.05, 4.69) is 22.5 Å². The number of carbonyl (C=O) groups excluding carboxylic acids is 1. The molecule has 1 aromatic heterocycles. The van der Waals surface area contributed by atoms with E-state index < -0.39 is 0 Å². The van der Waals surface area contributed by atoms with Crippen LogP contribution in [0.1, 0.15) is 29.3 Å². The molecule has 0 saturated carbocycles. The molecule has 0 unspecified atom stereocenters. The lowest BCUT2D eigenvalue weighted by molar-refractivity contribution is 0.102. The molecule has 1 aromatic carbocycles. The maximum absolute atomic E-state index is 12.4. The van der Waals surface area contributed by atoms with E-state index in [9.17, 15) is 4.79 Å². The third-order valence-electron chi connectivity index (χ3n) is 2.99. The van der Waals surface area contributed by atoms with E-state index in [1.54, 1.807) is 18.3 Å². The van der Waals surface area contributed by atoms with Gasteiger partial charge in [-0.25, -0.2) is 4.98 Å². The minimum Gasteiger partial charge on any atom is -0.369 e. The molecule has 0 saturated heterocycles. The maximum atomic E-state index is 12.4. The monoisotopic (exact) mass is 269 g/mol. The number of para-hydroxylation sites is 1. The van der Waals surface area contributed by atoms with Gasteiger partial charge in [-0.3, -0.25) is 4.79 Å². The summed E-state index contributed by atoms with van der Waals surface area (Å²) in [6.45, 7) is 4.83. The Bertz CT molecular complexity index is 596. The third-order valence-corrected chi connectivity index (χ3v) is 2.99. The molecule has 0 spiro atoms. The maximum Gasteiger partial charge on any atom is 0.259 e. The van der Waals surface area contributed by atoms with Crippen molar-refractivity contribution < 1.29 is 4.79 Å². The summed E-state index contributed by atoms with van der Waals surface area (Å²) in [5.41, 5.74) is 2.42. The minimum absolute atomic E-state index is 0.147. The van der Waals surface area contributed by atoms with Gasteiger partial charge in [-0.1, -0.05) is 25.1 Å². The van der Waals surface area contributed by atoms with Crippen molar-refractivity contribution in [2.45, 2.75) is 20.3 Å². The molecule has 0 aliphatic rings. The quantitative estimate of drug-likeness (QED) is 0.874. The van der Waals surface area contributed by atoms with Gasteiger partial charge in [-0.15, -0.1) is 0 Å². The van der Waals surface area contributed by atoms with Crippen molar-refractivity contribution >= 4 is 17.4 Å². The molecule has 2 rings (SSSR count). The van der Waals surface area contributed by atoms with Gasteiger partial charge >= 0.3 is 0 Å². The first-order valence-electron chi connectivity index (χ1n) is 6.78. The van der Waals surface area contributed by atoms with Crippen molar-refractivity contribution in [1.82, 2.24) is 4.98 Å². The van der Waals surface area contributed by atoms with Crippen LogP contribution in [0.15, 0.2) is 42.6 Å². The van der Waals surface area contributed by atoms with E-state index >= 15 is 0 Å². The Morgan fingerprint density at radius 1 is 1.20 bits per heavy atom. The number of aromatic nitrogens is 1. The molecule has 20 heavy (non-hydrogen) atoms. The predicted molar refractivity (Wildman–Crippen MR) is 82.1 cm³/mol. The molecule has 4 nitrogen and oxygen atoms in total. The topological polar surface area (TPSA) is 54.0 Å². The summed E-state index contributed by atoms with van der Waals surface area (Å²) in [5.74, 6) is 0.478. The van der Waals surface area contributed by atoms with Crippen LogP contribution < -0.4 is 10.6 Å². The highest BCUT2D eigenvalue weighted by molar-refractivity contribution is 6.07. The summed E-state index contributed by atoms with van der Waals surface area (Å²) in [6, 6.07) is 11.3. The van der Waals surface area contributed by atoms with Gasteiger partial charge in [0, 0.05) is 18.4 Å². The molecule has 0 atom stereocenters. The van der Waals surface area contributed by atoms with Crippen molar-refractivity contribution in [2.24, 2.45) is 0 Å². The standard InChI is InChI=1S/C16H19N3O/c1-3-10-17-15-13(8-6-11-18-15)16(20)19-14-9-5-4-7-12(14)2/h4-9,11H,3,10H2,1-2H3,(H,17,18)(H,19,20). The first kappa shape index (κ1) is 14.1. The number of carbonyl (C=O) groups is 1. The summed E-state index contributed by atoms with van der Waals surface area (Å²) < 4.78 is 0. The van der Waals surface area contributed by atoms with E-state index in [0.717, 1.165) is 24.2 Å². The van der Waals surface area contributed by atoms with Crippen LogP contribution in [0.3, 0.4) is 0 Å². The van der Waals surface area contributed by atoms with Crippen molar-refractivity contribution in [1.29, 1.82) is 0 Å². The van der Waals surface area contributed by atoms with Gasteiger partial charge in [0.25, 0.3) is 5.91 Å². The lowest BCUT2D eigenvalue weighted by atomic mass is 10.2. The first-order valence-corrected chi connectivity index (χ1v) is 6.78. The summed E-state index contributed by atoms with van der Waals surface area (Å²) in [4.78, 5) is 16.6. The van der Waals surface area contributed by atoms with Crippen LogP contribution in [0.5, 0.6) is 0 Å². The molecule has 2 N–H and O–H groups in total. The van der Waals surface area contributed by atoms with E-state index in [-0.39, 0.29) is 5.91 Å². The summed E-state index contributed by atoms with van der Waals surface area (Å²) in [5, 5.41) is 6.10. The molecular weight excluding hydrogens is 250 g/mol. The zero-order valence-electron chi connectivity index (χ0n) is 11.8. The lowest BCUT2D eigenvalue weighted by Gasteiger charge is -2.11. The second kappa shape index (κ2) is 6.70. The van der Waals surface area contributed by atoms with Gasteiger partial charge in [0.2, 0.25) is 0 Å². The Morgan fingerprint density at radius 2 is 2.00 bits per heavy atom. The molecular formula is C16H19N3O. The highest BCUT2D eigenvalue weighted by Crippen LogP contribution is 2.17. The normalized spacial score (nSPS) is 10.1. The molecule has 0 aliphatic carbocycles. The average molecular weight is 269 g/mol. The molecule has 2 aromatic rings. The van der Waals surface area contributed by atoms with Crippen LogP contribution in [0.25, 0.3) is 0 Å². The zero-order valence-corrected chi connectivity index (χ0v) is 11.8. The van der Waals surface area contributed by atoms with Gasteiger partial charge in [-0.05, 0) is 37.1 Å². The van der Waals surface area contributed by atoms with Gasteiger partial charge < -0.3 is 10.6 Å². The number of hydrogen-bond donors (Lipinski definition) is 2. The number of aryl methyl sites for hydroxylation is 1. The Hall–Kier alpha value is -2.36. The SMILES string of the molecule is CCCNc1ncccc1C(=O)Nc1ccccc1C. The van der Waals surface area contributed by atoms with Crippen LogP contribution in [-0.2, 0) is 0 Å². The molecule has 1 heterocycles. The van der Waals surface area contributed by atoms with Gasteiger partial charge in [0.05, 0.1) is 5.56 Å². The molecule has 0 radical (unpaired) electrons. The summed E-state index contributed by atoms with van der Waals surface area (Å²) in [7, 11) is 0. The fourth-order valence-electron chi connectivity index (χ4n) is 1.88. The van der Waals surface area contributed by atoms with Crippen molar-refractivity contribution in [3.05, 3.63) is 53.7 Å². The van der Waals surface area contributed by atoms with Crippen LogP contribution in [0.2, 0.25) is 0 Å². The number of anilines is 2. The van der Waals surface area contributed by atoms with Crippen LogP contribution in [0.4, 0.5) is 11.5 Å². The first-order chi connectivity index (χ1) is 9.72. The second-order valence-corrected chi connectivity index (χ2v) is 4.60. The number of nitrogens with zero attached hydrogens (tertiary/aromatic N) is 1. The largest absolute Gasteiger partial charge is 0.369 e. The smallest absolute Gasteiger partial charge is 0.259 e. The van der Waals surface area contributed by atoms with E-state index in [1.807, 2.05) is 31.2 Å². The Morgan fingerprint density at radius 3 is 2.75 bits per heavy atom. The van der Waals surface area contributed by atoms with Gasteiger partial charge in [-0.2, -0.15) is 0 Å². The van der Waals surface area contributed by atoms with Crippen molar-refractivity contribution in [3.8, 4) is 0 Å². The number of nitrogens with one attached hydrogen (secondary N) is 2. The highest BCUT2D eigenvalue weighted by atomic mass is 16.1. The molecule has 0 aliphatic heterocycles. The number of hydrogen-bond acceptors (Lipinski definition) is 3. The van der Waals surface area contributed by atoms with Crippen molar-refractivity contribution in [2.75, 3.05) is 17.2 Å². The molecule has 0 bridgehead atoms. The van der Waals surface area contributed by atoms with Crippen LogP contribution in [-0.4, -0.2) is 17.4 Å². The average Bonchev–Trinajstić information content (AvgIpc) is 2.47. The Balaban J connectivity index is 2.19. The van der Waals surface area contributed by atoms with E-state index in [1.165, 1.54) is 0 Å². The molecule has 1 amide bonds. The highest BCUT2D eigenvalue weighted by Gasteiger charge is 2.12. The summed E-state index contributed by atoms with van der Waals surface area (Å²) >= 11 is 0. The fraction of sp³-hybridized carbons (Fsp3) is 0.250. The molecule has 0 fully saturated rings. The van der Waals surface area contributed by atoms with E-state index in [4.69, 9.17) is 0 Å². The zero-order chi connectivity index (χ0) is 14.4. The van der Waals surface area contributed by atoms with Gasteiger partial charge in [0.15, 0.2) is 0 Å². The molecule has 104 valence electrons. The van der Waals surface area contributed by atoms with Crippen LogP contribution in [0, 0.1) is 6.92 Å². The molecule has 4 heteroatoms. The predicted octanol–water partition coefficient (Wildman–Crippen LogP) is 3.46. The minimum atomic E-state index is -0.147.